The summed E-state index contributed by atoms with van der Waals surface area (Å²) in [5, 5.41) is 3.40. The topological polar surface area (TPSA) is 51.2 Å². The Morgan fingerprint density at radius 1 is 1.00 bits per heavy atom. The number of para-hydroxylation sites is 1. The molecule has 1 N–H and O–H groups in total. The summed E-state index contributed by atoms with van der Waals surface area (Å²) in [6.45, 7) is 0.739. The third-order valence-electron chi connectivity index (χ3n) is 3.62. The Hall–Kier alpha value is -2.85. The molecule has 126 valence electrons. The van der Waals surface area contributed by atoms with Crippen LogP contribution in [0.3, 0.4) is 0 Å². The van der Waals surface area contributed by atoms with Crippen molar-refractivity contribution >= 4 is 17.5 Å². The highest BCUT2D eigenvalue weighted by Crippen LogP contribution is 2.23. The number of amides is 1. The van der Waals surface area contributed by atoms with E-state index in [1.165, 1.54) is 0 Å². The lowest BCUT2D eigenvalue weighted by molar-refractivity contribution is 0.0947. The molecule has 0 fully saturated rings. The van der Waals surface area contributed by atoms with Gasteiger partial charge in [0.25, 0.3) is 5.91 Å². The third-order valence-corrected chi connectivity index (χ3v) is 3.93. The van der Waals surface area contributed by atoms with Gasteiger partial charge in [0.05, 0.1) is 11.6 Å². The van der Waals surface area contributed by atoms with Gasteiger partial charge < -0.3 is 10.1 Å². The second-order valence-corrected chi connectivity index (χ2v) is 5.76. The Morgan fingerprint density at radius 3 is 2.60 bits per heavy atom. The van der Waals surface area contributed by atoms with E-state index in [0.29, 0.717) is 29.5 Å². The zero-order valence-electron chi connectivity index (χ0n) is 13.5. The molecule has 3 aromatic rings. The van der Waals surface area contributed by atoms with E-state index in [4.69, 9.17) is 16.3 Å². The van der Waals surface area contributed by atoms with Crippen LogP contribution in [0, 0.1) is 0 Å². The van der Waals surface area contributed by atoms with Gasteiger partial charge in [0.2, 0.25) is 0 Å². The second-order valence-electron chi connectivity index (χ2n) is 5.35. The van der Waals surface area contributed by atoms with Gasteiger partial charge in [-0.1, -0.05) is 35.9 Å². The number of carbonyl (C=O) groups is 1. The number of nitrogens with one attached hydrogen (secondary N) is 1. The van der Waals surface area contributed by atoms with Gasteiger partial charge in [-0.15, -0.1) is 0 Å². The summed E-state index contributed by atoms with van der Waals surface area (Å²) in [5.74, 6) is 0.469. The minimum absolute atomic E-state index is 0.140. The van der Waals surface area contributed by atoms with E-state index in [2.05, 4.69) is 10.3 Å². The largest absolute Gasteiger partial charge is 0.490 e. The molecule has 0 aliphatic rings. The predicted octanol–water partition coefficient (Wildman–Crippen LogP) is 4.21. The van der Waals surface area contributed by atoms with Crippen molar-refractivity contribution in [2.24, 2.45) is 0 Å². The van der Waals surface area contributed by atoms with Crippen LogP contribution >= 0.6 is 11.6 Å². The Kier molecular flexibility index (Phi) is 5.65. The molecule has 0 unspecified atom stereocenters. The van der Waals surface area contributed by atoms with Crippen molar-refractivity contribution in [2.45, 2.75) is 0 Å². The molecular formula is C20H17ClN2O2. The molecule has 0 spiro atoms. The van der Waals surface area contributed by atoms with Crippen LogP contribution in [-0.2, 0) is 0 Å². The van der Waals surface area contributed by atoms with Crippen LogP contribution in [0.15, 0.2) is 73.1 Å². The molecule has 5 heteroatoms. The van der Waals surface area contributed by atoms with Crippen LogP contribution in [0.25, 0.3) is 11.1 Å². The number of aromatic nitrogens is 1. The number of hydrogen-bond donors (Lipinski definition) is 1. The minimum Gasteiger partial charge on any atom is -0.490 e. The van der Waals surface area contributed by atoms with Crippen molar-refractivity contribution < 1.29 is 9.53 Å². The number of ether oxygens (including phenoxy) is 1. The zero-order valence-corrected chi connectivity index (χ0v) is 14.2. The van der Waals surface area contributed by atoms with Gasteiger partial charge in [0.1, 0.15) is 12.4 Å². The van der Waals surface area contributed by atoms with Crippen molar-refractivity contribution in [2.75, 3.05) is 13.2 Å². The molecule has 1 amide bonds. The standard InChI is InChI=1S/C20H17ClN2O2/c21-18-6-1-2-7-19(18)25-13-12-23-20(24)17-5-3-4-16(14-17)15-8-10-22-11-9-15/h1-11,14H,12-13H2,(H,23,24). The molecule has 0 saturated carbocycles. The van der Waals surface area contributed by atoms with Crippen molar-refractivity contribution in [1.82, 2.24) is 10.3 Å². The number of hydrogen-bond acceptors (Lipinski definition) is 3. The smallest absolute Gasteiger partial charge is 0.251 e. The lowest BCUT2D eigenvalue weighted by Gasteiger charge is -2.09. The summed E-state index contributed by atoms with van der Waals surface area (Å²) in [5.41, 5.74) is 2.60. The molecule has 0 aliphatic carbocycles. The number of rotatable bonds is 6. The van der Waals surface area contributed by atoms with Crippen LogP contribution in [0.5, 0.6) is 5.75 Å². The average molecular weight is 353 g/mol. The predicted molar refractivity (Wildman–Crippen MR) is 99.0 cm³/mol. The van der Waals surface area contributed by atoms with Gasteiger partial charge in [-0.2, -0.15) is 0 Å². The quantitative estimate of drug-likeness (QED) is 0.676. The molecule has 0 atom stereocenters. The van der Waals surface area contributed by atoms with Gasteiger partial charge in [-0.05, 0) is 47.5 Å². The lowest BCUT2D eigenvalue weighted by Crippen LogP contribution is -2.28. The average Bonchev–Trinajstić information content (AvgIpc) is 2.67. The molecule has 2 aromatic carbocycles. The summed E-state index contributed by atoms with van der Waals surface area (Å²) in [4.78, 5) is 16.3. The first kappa shape index (κ1) is 17.0. The highest BCUT2D eigenvalue weighted by molar-refractivity contribution is 6.32. The Labute approximate surface area is 151 Å². The molecule has 1 heterocycles. The van der Waals surface area contributed by atoms with Crippen molar-refractivity contribution in [3.63, 3.8) is 0 Å². The first-order valence-electron chi connectivity index (χ1n) is 7.90. The Balaban J connectivity index is 1.56. The van der Waals surface area contributed by atoms with Gasteiger partial charge in [0.15, 0.2) is 0 Å². The first-order chi connectivity index (χ1) is 12.2. The highest BCUT2D eigenvalue weighted by Gasteiger charge is 2.07. The molecule has 4 nitrogen and oxygen atoms in total. The summed E-state index contributed by atoms with van der Waals surface area (Å²) in [6.07, 6.45) is 3.46. The molecule has 3 rings (SSSR count). The van der Waals surface area contributed by atoms with Gasteiger partial charge >= 0.3 is 0 Å². The second kappa shape index (κ2) is 8.31. The summed E-state index contributed by atoms with van der Waals surface area (Å²) in [7, 11) is 0. The fourth-order valence-electron chi connectivity index (χ4n) is 2.37. The SMILES string of the molecule is O=C(NCCOc1ccccc1Cl)c1cccc(-c2ccncc2)c1. The number of benzene rings is 2. The minimum atomic E-state index is -0.140. The number of nitrogens with zero attached hydrogens (tertiary/aromatic N) is 1. The fourth-order valence-corrected chi connectivity index (χ4v) is 2.56. The Bertz CT molecular complexity index is 853. The Morgan fingerprint density at radius 2 is 1.80 bits per heavy atom. The van der Waals surface area contributed by atoms with Crippen LogP contribution in [0.4, 0.5) is 0 Å². The van der Waals surface area contributed by atoms with E-state index < -0.39 is 0 Å². The molecule has 0 saturated heterocycles. The molecular weight excluding hydrogens is 336 g/mol. The zero-order chi connectivity index (χ0) is 17.5. The number of halogens is 1. The third kappa shape index (κ3) is 4.58. The van der Waals surface area contributed by atoms with Gasteiger partial charge in [0, 0.05) is 18.0 Å². The van der Waals surface area contributed by atoms with Crippen LogP contribution in [0.1, 0.15) is 10.4 Å². The van der Waals surface area contributed by atoms with Gasteiger partial charge in [-0.25, -0.2) is 0 Å². The normalized spacial score (nSPS) is 10.3. The van der Waals surface area contributed by atoms with E-state index in [-0.39, 0.29) is 5.91 Å². The van der Waals surface area contributed by atoms with E-state index in [1.807, 2.05) is 42.5 Å². The van der Waals surface area contributed by atoms with E-state index in [0.717, 1.165) is 11.1 Å². The van der Waals surface area contributed by atoms with E-state index in [1.54, 1.807) is 30.6 Å². The molecule has 0 radical (unpaired) electrons. The number of pyridine rings is 1. The molecule has 0 aliphatic heterocycles. The molecule has 1 aromatic heterocycles. The van der Waals surface area contributed by atoms with Crippen molar-refractivity contribution in [3.05, 3.63) is 83.6 Å². The number of carbonyl (C=O) groups excluding carboxylic acids is 1. The van der Waals surface area contributed by atoms with E-state index >= 15 is 0 Å². The molecule has 0 bridgehead atoms. The molecule has 25 heavy (non-hydrogen) atoms. The van der Waals surface area contributed by atoms with E-state index in [9.17, 15) is 4.79 Å². The maximum absolute atomic E-state index is 12.3. The van der Waals surface area contributed by atoms with Gasteiger partial charge in [-0.3, -0.25) is 9.78 Å². The van der Waals surface area contributed by atoms with Crippen LogP contribution in [0.2, 0.25) is 5.02 Å². The fraction of sp³-hybridized carbons (Fsp3) is 0.100. The van der Waals surface area contributed by atoms with Crippen molar-refractivity contribution in [1.29, 1.82) is 0 Å². The first-order valence-corrected chi connectivity index (χ1v) is 8.28. The maximum atomic E-state index is 12.3. The monoisotopic (exact) mass is 352 g/mol. The summed E-state index contributed by atoms with van der Waals surface area (Å²) in [6, 6.07) is 18.6. The van der Waals surface area contributed by atoms with Crippen LogP contribution in [-0.4, -0.2) is 24.0 Å². The summed E-state index contributed by atoms with van der Waals surface area (Å²) < 4.78 is 5.56. The highest BCUT2D eigenvalue weighted by atomic mass is 35.5. The summed E-state index contributed by atoms with van der Waals surface area (Å²) >= 11 is 6.02. The van der Waals surface area contributed by atoms with Crippen LogP contribution < -0.4 is 10.1 Å². The lowest BCUT2D eigenvalue weighted by atomic mass is 10.0. The van der Waals surface area contributed by atoms with Crippen molar-refractivity contribution in [3.8, 4) is 16.9 Å². The maximum Gasteiger partial charge on any atom is 0.251 e.